The van der Waals surface area contributed by atoms with Gasteiger partial charge in [0.2, 0.25) is 0 Å². The molecule has 0 aromatic rings. The van der Waals surface area contributed by atoms with Gasteiger partial charge in [-0.05, 0) is 6.92 Å². The van der Waals surface area contributed by atoms with Crippen molar-refractivity contribution in [2.24, 2.45) is 10.2 Å². The molecule has 1 atom stereocenters. The highest BCUT2D eigenvalue weighted by Crippen LogP contribution is 2.17. The minimum atomic E-state index is 0.216. The standard InChI is InChI=1S/C3H6N2S/c1-2(6)3-4-5-3/h2-3,6H,1H3. The Hall–Kier alpha value is -0.0500. The van der Waals surface area contributed by atoms with Crippen LogP contribution in [0.4, 0.5) is 0 Å². The second kappa shape index (κ2) is 1.22. The Kier molecular flexibility index (Phi) is 0.839. The molecule has 6 heavy (non-hydrogen) atoms. The molecule has 3 heteroatoms. The summed E-state index contributed by atoms with van der Waals surface area (Å²) < 4.78 is 0. The number of thiol groups is 1. The Morgan fingerprint density at radius 1 is 1.67 bits per heavy atom. The molecule has 34 valence electrons. The van der Waals surface area contributed by atoms with Crippen molar-refractivity contribution in [2.75, 3.05) is 0 Å². The Bertz CT molecular complexity index is 72.9. The molecule has 0 radical (unpaired) electrons. The summed E-state index contributed by atoms with van der Waals surface area (Å²) in [7, 11) is 0. The summed E-state index contributed by atoms with van der Waals surface area (Å²) in [5, 5.41) is 7.62. The van der Waals surface area contributed by atoms with Crippen molar-refractivity contribution in [1.29, 1.82) is 0 Å². The lowest BCUT2D eigenvalue weighted by molar-refractivity contribution is 0.897. The third kappa shape index (κ3) is 0.712. The van der Waals surface area contributed by atoms with E-state index in [1.807, 2.05) is 6.92 Å². The van der Waals surface area contributed by atoms with Crippen LogP contribution in [-0.4, -0.2) is 11.4 Å². The molecule has 0 bridgehead atoms. The number of nitrogens with zero attached hydrogens (tertiary/aromatic N) is 2. The van der Waals surface area contributed by atoms with Crippen LogP contribution in [0, 0.1) is 0 Å². The van der Waals surface area contributed by atoms with Gasteiger partial charge in [-0.15, -0.1) is 0 Å². The maximum absolute atomic E-state index is 4.07. The van der Waals surface area contributed by atoms with Crippen LogP contribution in [0.25, 0.3) is 0 Å². The van der Waals surface area contributed by atoms with Crippen molar-refractivity contribution in [1.82, 2.24) is 0 Å². The van der Waals surface area contributed by atoms with Gasteiger partial charge in [-0.3, -0.25) is 0 Å². The van der Waals surface area contributed by atoms with E-state index < -0.39 is 0 Å². The van der Waals surface area contributed by atoms with Gasteiger partial charge in [0.05, 0.1) is 0 Å². The van der Waals surface area contributed by atoms with E-state index in [9.17, 15) is 0 Å². The molecule has 1 unspecified atom stereocenters. The van der Waals surface area contributed by atoms with Gasteiger partial charge in [0.1, 0.15) is 0 Å². The van der Waals surface area contributed by atoms with Crippen LogP contribution in [0.3, 0.4) is 0 Å². The van der Waals surface area contributed by atoms with Gasteiger partial charge in [-0.2, -0.15) is 22.9 Å². The fourth-order valence-electron chi connectivity index (χ4n) is 0.231. The van der Waals surface area contributed by atoms with Gasteiger partial charge in [-0.1, -0.05) is 0 Å². The molecule has 0 aliphatic carbocycles. The van der Waals surface area contributed by atoms with Gasteiger partial charge in [0, 0.05) is 5.25 Å². The Labute approximate surface area is 42.1 Å². The van der Waals surface area contributed by atoms with E-state index in [0.717, 1.165) is 0 Å². The molecule has 1 heterocycles. The number of rotatable bonds is 1. The molecule has 0 aromatic carbocycles. The molecule has 2 nitrogen and oxygen atoms in total. The maximum atomic E-state index is 4.07. The molecule has 1 aliphatic rings. The summed E-state index contributed by atoms with van der Waals surface area (Å²) in [5.74, 6) is 0. The van der Waals surface area contributed by atoms with E-state index in [2.05, 4.69) is 22.9 Å². The second-order valence-electron chi connectivity index (χ2n) is 1.39. The van der Waals surface area contributed by atoms with E-state index in [-0.39, 0.29) is 6.17 Å². The first-order valence-electron chi connectivity index (χ1n) is 1.89. The molecule has 1 rings (SSSR count). The Balaban J connectivity index is 2.16. The highest BCUT2D eigenvalue weighted by molar-refractivity contribution is 7.81. The predicted molar refractivity (Wildman–Crippen MR) is 27.1 cm³/mol. The van der Waals surface area contributed by atoms with E-state index in [1.54, 1.807) is 0 Å². The zero-order valence-corrected chi connectivity index (χ0v) is 4.39. The number of hydrogen-bond donors (Lipinski definition) is 1. The SMILES string of the molecule is CC(S)C1N=N1. The van der Waals surface area contributed by atoms with E-state index in [0.29, 0.717) is 5.25 Å². The third-order valence-corrected chi connectivity index (χ3v) is 0.947. The second-order valence-corrected chi connectivity index (χ2v) is 2.20. The smallest absolute Gasteiger partial charge is 0.172 e. The Morgan fingerprint density at radius 2 is 2.17 bits per heavy atom. The first kappa shape index (κ1) is 4.12. The molecular formula is C3H6N2S. The molecule has 0 aromatic heterocycles. The summed E-state index contributed by atoms with van der Waals surface area (Å²) in [6, 6.07) is 0. The average molecular weight is 102 g/mol. The summed E-state index contributed by atoms with van der Waals surface area (Å²) in [6.07, 6.45) is 0.216. The fraction of sp³-hybridized carbons (Fsp3) is 1.00. The fourth-order valence-corrected chi connectivity index (χ4v) is 0.351. The first-order valence-corrected chi connectivity index (χ1v) is 2.40. The quantitative estimate of drug-likeness (QED) is 0.479. The van der Waals surface area contributed by atoms with E-state index >= 15 is 0 Å². The lowest BCUT2D eigenvalue weighted by Crippen LogP contribution is -1.98. The zero-order chi connectivity index (χ0) is 4.57. The van der Waals surface area contributed by atoms with Crippen LogP contribution in [-0.2, 0) is 0 Å². The Morgan fingerprint density at radius 3 is 2.17 bits per heavy atom. The molecule has 0 N–H and O–H groups in total. The molecule has 1 aliphatic heterocycles. The molecule has 0 fully saturated rings. The van der Waals surface area contributed by atoms with Gasteiger partial charge in [-0.25, -0.2) is 0 Å². The summed E-state index contributed by atoms with van der Waals surface area (Å²) in [4.78, 5) is 0. The van der Waals surface area contributed by atoms with E-state index in [1.165, 1.54) is 0 Å². The van der Waals surface area contributed by atoms with Crippen molar-refractivity contribution < 1.29 is 0 Å². The van der Waals surface area contributed by atoms with Gasteiger partial charge in [0.15, 0.2) is 6.17 Å². The van der Waals surface area contributed by atoms with Crippen LogP contribution >= 0.6 is 12.6 Å². The van der Waals surface area contributed by atoms with Crippen LogP contribution < -0.4 is 0 Å². The van der Waals surface area contributed by atoms with Crippen LogP contribution in [0.5, 0.6) is 0 Å². The van der Waals surface area contributed by atoms with Crippen LogP contribution in [0.1, 0.15) is 6.92 Å². The van der Waals surface area contributed by atoms with Gasteiger partial charge >= 0.3 is 0 Å². The average Bonchev–Trinajstić information content (AvgIpc) is 2.06. The zero-order valence-electron chi connectivity index (χ0n) is 3.50. The van der Waals surface area contributed by atoms with Crippen molar-refractivity contribution in [2.45, 2.75) is 18.3 Å². The molecule has 0 saturated carbocycles. The largest absolute Gasteiger partial charge is 0.192 e. The van der Waals surface area contributed by atoms with Crippen molar-refractivity contribution in [3.05, 3.63) is 0 Å². The molecule has 0 amide bonds. The summed E-state index contributed by atoms with van der Waals surface area (Å²) >= 11 is 4.07. The van der Waals surface area contributed by atoms with Crippen molar-refractivity contribution in [3.8, 4) is 0 Å². The van der Waals surface area contributed by atoms with Crippen molar-refractivity contribution >= 4 is 12.6 Å². The molecule has 0 saturated heterocycles. The topological polar surface area (TPSA) is 24.7 Å². The highest BCUT2D eigenvalue weighted by atomic mass is 32.1. The highest BCUT2D eigenvalue weighted by Gasteiger charge is 2.19. The predicted octanol–water partition coefficient (Wildman–Crippen LogP) is 1.10. The molecule has 0 spiro atoms. The lowest BCUT2D eigenvalue weighted by atomic mass is 10.4. The first-order chi connectivity index (χ1) is 2.80. The van der Waals surface area contributed by atoms with Crippen molar-refractivity contribution in [3.63, 3.8) is 0 Å². The summed E-state index contributed by atoms with van der Waals surface area (Å²) in [6.45, 7) is 1.98. The number of hydrogen-bond acceptors (Lipinski definition) is 3. The normalized spacial score (nSPS) is 24.3. The van der Waals surface area contributed by atoms with Gasteiger partial charge < -0.3 is 0 Å². The minimum Gasteiger partial charge on any atom is -0.172 e. The van der Waals surface area contributed by atoms with Crippen LogP contribution in [0.15, 0.2) is 10.2 Å². The lowest BCUT2D eigenvalue weighted by Gasteiger charge is -1.88. The summed E-state index contributed by atoms with van der Waals surface area (Å²) in [5.41, 5.74) is 0. The van der Waals surface area contributed by atoms with Gasteiger partial charge in [0.25, 0.3) is 0 Å². The maximum Gasteiger partial charge on any atom is 0.192 e. The van der Waals surface area contributed by atoms with E-state index in [4.69, 9.17) is 0 Å². The molecular weight excluding hydrogens is 96.1 g/mol. The minimum absolute atomic E-state index is 0.216. The third-order valence-electron chi connectivity index (χ3n) is 0.680. The van der Waals surface area contributed by atoms with Crippen LogP contribution in [0.2, 0.25) is 0 Å². The monoisotopic (exact) mass is 102 g/mol.